The maximum Gasteiger partial charge on any atom is 0.300 e. The van der Waals surface area contributed by atoms with Gasteiger partial charge in [-0.15, -0.1) is 0 Å². The van der Waals surface area contributed by atoms with Crippen LogP contribution in [0.2, 0.25) is 0 Å². The highest BCUT2D eigenvalue weighted by Gasteiger charge is 2.22. The zero-order valence-corrected chi connectivity index (χ0v) is 11.0. The molecule has 1 heterocycles. The molecule has 0 atom stereocenters. The Hall–Kier alpha value is -1.59. The van der Waals surface area contributed by atoms with Crippen molar-refractivity contribution in [1.29, 1.82) is 5.26 Å². The molecule has 17 heavy (non-hydrogen) atoms. The van der Waals surface area contributed by atoms with E-state index in [-0.39, 0.29) is 11.4 Å². The van der Waals surface area contributed by atoms with E-state index in [1.54, 1.807) is 27.8 Å². The summed E-state index contributed by atoms with van der Waals surface area (Å²) in [7, 11) is -2.18. The number of hydrogen-bond donors (Lipinski definition) is 2. The molecule has 0 spiro atoms. The van der Waals surface area contributed by atoms with Crippen LogP contribution in [0.15, 0.2) is 6.20 Å². The molecule has 8 heteroatoms. The first-order chi connectivity index (χ1) is 7.64. The number of hydrogen-bond acceptors (Lipinski definition) is 4. The normalized spacial score (nSPS) is 12.2. The van der Waals surface area contributed by atoms with Gasteiger partial charge in [0.05, 0.1) is 6.20 Å². The van der Waals surface area contributed by atoms with Crippen LogP contribution in [0, 0.1) is 11.3 Å². The second kappa shape index (κ2) is 4.35. The van der Waals surface area contributed by atoms with Crippen molar-refractivity contribution in [3.8, 4) is 6.07 Å². The first kappa shape index (κ1) is 13.5. The van der Waals surface area contributed by atoms with Crippen LogP contribution in [0.3, 0.4) is 0 Å². The Morgan fingerprint density at radius 1 is 1.47 bits per heavy atom. The Morgan fingerprint density at radius 3 is 2.53 bits per heavy atom. The van der Waals surface area contributed by atoms with Gasteiger partial charge in [0, 0.05) is 12.6 Å². The van der Waals surface area contributed by atoms with Crippen molar-refractivity contribution >= 4 is 16.0 Å². The Morgan fingerprint density at radius 2 is 2.06 bits per heavy atom. The summed E-state index contributed by atoms with van der Waals surface area (Å²) in [6, 6.07) is 1.86. The fourth-order valence-electron chi connectivity index (χ4n) is 1.20. The highest BCUT2D eigenvalue weighted by Crippen LogP contribution is 2.14. The standard InChI is InChI=1S/C9H15N5O2S/c1-9(2,3)13-17(15,16)12-8-7(5-10)6-11-14(8)4/h6,12-13H,1-4H3. The van der Waals surface area contributed by atoms with Gasteiger partial charge < -0.3 is 0 Å². The van der Waals surface area contributed by atoms with Gasteiger partial charge in [0.2, 0.25) is 0 Å². The second-order valence-corrected chi connectivity index (χ2v) is 6.01. The van der Waals surface area contributed by atoms with Crippen molar-refractivity contribution in [3.63, 3.8) is 0 Å². The predicted molar refractivity (Wildman–Crippen MR) is 63.4 cm³/mol. The van der Waals surface area contributed by atoms with Crippen molar-refractivity contribution in [2.24, 2.45) is 7.05 Å². The molecule has 0 aromatic carbocycles. The minimum atomic E-state index is -3.73. The van der Waals surface area contributed by atoms with Gasteiger partial charge in [-0.3, -0.25) is 9.40 Å². The molecule has 0 aliphatic rings. The molecule has 94 valence electrons. The van der Waals surface area contributed by atoms with E-state index >= 15 is 0 Å². The molecule has 0 aliphatic carbocycles. The maximum absolute atomic E-state index is 11.8. The average Bonchev–Trinajstić information content (AvgIpc) is 2.43. The van der Waals surface area contributed by atoms with Crippen molar-refractivity contribution in [2.45, 2.75) is 26.3 Å². The second-order valence-electron chi connectivity index (χ2n) is 4.60. The molecule has 1 aromatic heterocycles. The summed E-state index contributed by atoms with van der Waals surface area (Å²) in [6.07, 6.45) is 1.30. The zero-order valence-electron chi connectivity index (χ0n) is 10.1. The number of nitriles is 1. The first-order valence-corrected chi connectivity index (χ1v) is 6.37. The molecule has 0 fully saturated rings. The number of aryl methyl sites for hydroxylation is 1. The van der Waals surface area contributed by atoms with Gasteiger partial charge >= 0.3 is 10.2 Å². The molecule has 0 unspecified atom stereocenters. The molecule has 0 bridgehead atoms. The summed E-state index contributed by atoms with van der Waals surface area (Å²) < 4.78 is 29.5. The van der Waals surface area contributed by atoms with Gasteiger partial charge in [-0.1, -0.05) is 0 Å². The Labute approximate surface area is 101 Å². The lowest BCUT2D eigenvalue weighted by atomic mass is 10.1. The average molecular weight is 257 g/mol. The fraction of sp³-hybridized carbons (Fsp3) is 0.556. The molecule has 0 radical (unpaired) electrons. The van der Waals surface area contributed by atoms with Crippen LogP contribution >= 0.6 is 0 Å². The van der Waals surface area contributed by atoms with Crippen molar-refractivity contribution in [2.75, 3.05) is 4.72 Å². The summed E-state index contributed by atoms with van der Waals surface area (Å²) in [6.45, 7) is 5.17. The van der Waals surface area contributed by atoms with Gasteiger partial charge in [0.1, 0.15) is 11.6 Å². The van der Waals surface area contributed by atoms with Crippen LogP contribution in [0.25, 0.3) is 0 Å². The summed E-state index contributed by atoms with van der Waals surface area (Å²) in [5.41, 5.74) is -0.427. The van der Waals surface area contributed by atoms with E-state index < -0.39 is 15.7 Å². The van der Waals surface area contributed by atoms with Crippen LogP contribution in [-0.4, -0.2) is 23.7 Å². The number of rotatable bonds is 3. The van der Waals surface area contributed by atoms with Crippen molar-refractivity contribution < 1.29 is 8.42 Å². The lowest BCUT2D eigenvalue weighted by Gasteiger charge is -2.20. The zero-order chi connectivity index (χ0) is 13.3. The molecule has 7 nitrogen and oxygen atoms in total. The van der Waals surface area contributed by atoms with Gasteiger partial charge in [-0.25, -0.2) is 0 Å². The number of anilines is 1. The maximum atomic E-state index is 11.8. The number of aromatic nitrogens is 2. The molecule has 0 amide bonds. The monoisotopic (exact) mass is 257 g/mol. The van der Waals surface area contributed by atoms with Crippen LogP contribution in [0.5, 0.6) is 0 Å². The van der Waals surface area contributed by atoms with E-state index in [0.29, 0.717) is 0 Å². The Kier molecular flexibility index (Phi) is 3.45. The van der Waals surface area contributed by atoms with E-state index in [2.05, 4.69) is 14.5 Å². The lowest BCUT2D eigenvalue weighted by Crippen LogP contribution is -2.43. The van der Waals surface area contributed by atoms with E-state index in [4.69, 9.17) is 5.26 Å². The first-order valence-electron chi connectivity index (χ1n) is 4.88. The lowest BCUT2D eigenvalue weighted by molar-refractivity contribution is 0.494. The van der Waals surface area contributed by atoms with Crippen LogP contribution in [-0.2, 0) is 17.3 Å². The quantitative estimate of drug-likeness (QED) is 0.815. The molecule has 1 rings (SSSR count). The molecular weight excluding hydrogens is 242 g/mol. The van der Waals surface area contributed by atoms with Crippen molar-refractivity contribution in [1.82, 2.24) is 14.5 Å². The van der Waals surface area contributed by atoms with E-state index in [1.165, 1.54) is 10.9 Å². The number of nitrogens with zero attached hydrogens (tertiary/aromatic N) is 3. The molecule has 0 aliphatic heterocycles. The van der Waals surface area contributed by atoms with E-state index in [9.17, 15) is 8.42 Å². The molecule has 0 saturated heterocycles. The molecule has 2 N–H and O–H groups in total. The third kappa shape index (κ3) is 3.72. The summed E-state index contributed by atoms with van der Waals surface area (Å²) >= 11 is 0. The number of nitrogens with one attached hydrogen (secondary N) is 2. The summed E-state index contributed by atoms with van der Waals surface area (Å²) in [4.78, 5) is 0. The predicted octanol–water partition coefficient (Wildman–Crippen LogP) is 0.337. The van der Waals surface area contributed by atoms with Crippen LogP contribution in [0.4, 0.5) is 5.82 Å². The highest BCUT2D eigenvalue weighted by atomic mass is 32.2. The largest absolute Gasteiger partial charge is 0.300 e. The third-order valence-electron chi connectivity index (χ3n) is 1.73. The highest BCUT2D eigenvalue weighted by molar-refractivity contribution is 7.90. The van der Waals surface area contributed by atoms with E-state index in [0.717, 1.165) is 0 Å². The Balaban J connectivity index is 2.99. The van der Waals surface area contributed by atoms with Crippen molar-refractivity contribution in [3.05, 3.63) is 11.8 Å². The van der Waals surface area contributed by atoms with E-state index in [1.807, 2.05) is 6.07 Å². The summed E-state index contributed by atoms with van der Waals surface area (Å²) in [5.74, 6) is 0.143. The third-order valence-corrected chi connectivity index (χ3v) is 3.07. The SMILES string of the molecule is Cn1ncc(C#N)c1NS(=O)(=O)NC(C)(C)C. The topological polar surface area (TPSA) is 99.8 Å². The minimum Gasteiger partial charge on any atom is -0.254 e. The molecule has 1 aromatic rings. The minimum absolute atomic E-state index is 0.143. The fourth-order valence-corrected chi connectivity index (χ4v) is 2.55. The van der Waals surface area contributed by atoms with Crippen LogP contribution in [0.1, 0.15) is 26.3 Å². The molecule has 0 saturated carbocycles. The smallest absolute Gasteiger partial charge is 0.254 e. The van der Waals surface area contributed by atoms with Gasteiger partial charge in [-0.05, 0) is 20.8 Å². The Bertz CT molecular complexity index is 547. The van der Waals surface area contributed by atoms with Gasteiger partial charge in [0.25, 0.3) is 0 Å². The van der Waals surface area contributed by atoms with Gasteiger partial charge in [-0.2, -0.15) is 23.5 Å². The van der Waals surface area contributed by atoms with Crippen LogP contribution < -0.4 is 9.44 Å². The van der Waals surface area contributed by atoms with Gasteiger partial charge in [0.15, 0.2) is 5.82 Å². The summed E-state index contributed by atoms with van der Waals surface area (Å²) in [5, 5.41) is 12.6. The molecular formula is C9H15N5O2S.